The van der Waals surface area contributed by atoms with Gasteiger partial charge in [0, 0.05) is 10.9 Å². The smallest absolute Gasteiger partial charge is 0.230 e. The van der Waals surface area contributed by atoms with Crippen LogP contribution in [0.3, 0.4) is 0 Å². The average molecular weight is 527 g/mol. The highest BCUT2D eigenvalue weighted by atomic mass is 32.1. The van der Waals surface area contributed by atoms with Crippen molar-refractivity contribution in [1.82, 2.24) is 9.97 Å². The Bertz CT molecular complexity index is 1530. The number of oxazole rings is 1. The predicted octanol–water partition coefficient (Wildman–Crippen LogP) is 6.82. The van der Waals surface area contributed by atoms with Gasteiger partial charge in [-0.3, -0.25) is 5.43 Å². The van der Waals surface area contributed by atoms with Crippen LogP contribution < -0.4 is 19.6 Å². The largest absolute Gasteiger partial charge is 0.497 e. The fourth-order valence-electron chi connectivity index (χ4n) is 3.69. The first kappa shape index (κ1) is 25.0. The number of hydrogen-bond acceptors (Lipinski definition) is 9. The van der Waals surface area contributed by atoms with Gasteiger partial charge in [0.2, 0.25) is 11.0 Å². The number of anilines is 1. The van der Waals surface area contributed by atoms with Crippen molar-refractivity contribution >= 4 is 22.7 Å². The number of thiazole rings is 1. The summed E-state index contributed by atoms with van der Waals surface area (Å²) in [6, 6.07) is 23.2. The van der Waals surface area contributed by atoms with E-state index in [0.717, 1.165) is 22.0 Å². The summed E-state index contributed by atoms with van der Waals surface area (Å²) < 4.78 is 22.6. The molecular weight excluding hydrogens is 500 g/mol. The highest BCUT2D eigenvalue weighted by molar-refractivity contribution is 7.14. The number of methoxy groups -OCH3 is 2. The number of aryl methyl sites for hydroxylation is 1. The van der Waals surface area contributed by atoms with Crippen molar-refractivity contribution in [2.45, 2.75) is 13.5 Å². The maximum Gasteiger partial charge on any atom is 0.230 e. The second kappa shape index (κ2) is 11.6. The Hall–Kier alpha value is -4.63. The molecule has 0 amide bonds. The number of nitrogens with zero attached hydrogens (tertiary/aromatic N) is 3. The SMILES string of the molecule is COc1ccc(OC)c(-c2nc(COc3ccc(C=NNc4nc(-c5ccccc5)cs4)cc3)c(C)o2)c1. The van der Waals surface area contributed by atoms with E-state index in [4.69, 9.17) is 18.6 Å². The Balaban J connectivity index is 1.18. The molecule has 8 nitrogen and oxygen atoms in total. The predicted molar refractivity (Wildman–Crippen MR) is 149 cm³/mol. The van der Waals surface area contributed by atoms with E-state index in [9.17, 15) is 0 Å². The Morgan fingerprint density at radius 2 is 1.74 bits per heavy atom. The van der Waals surface area contributed by atoms with Gasteiger partial charge in [0.05, 0.1) is 31.7 Å². The lowest BCUT2D eigenvalue weighted by atomic mass is 10.2. The summed E-state index contributed by atoms with van der Waals surface area (Å²) >= 11 is 1.51. The van der Waals surface area contributed by atoms with Crippen LogP contribution in [0.4, 0.5) is 5.13 Å². The zero-order chi connectivity index (χ0) is 26.3. The molecule has 0 radical (unpaired) electrons. The van der Waals surface area contributed by atoms with Crippen molar-refractivity contribution in [1.29, 1.82) is 0 Å². The number of hydrazone groups is 1. The van der Waals surface area contributed by atoms with Crippen LogP contribution >= 0.6 is 11.3 Å². The number of nitrogens with one attached hydrogen (secondary N) is 1. The highest BCUT2D eigenvalue weighted by Gasteiger charge is 2.17. The molecule has 3 aromatic carbocycles. The second-order valence-electron chi connectivity index (χ2n) is 8.22. The van der Waals surface area contributed by atoms with Crippen LogP contribution in [0.15, 0.2) is 87.7 Å². The molecule has 1 N–H and O–H groups in total. The molecule has 0 saturated carbocycles. The van der Waals surface area contributed by atoms with E-state index < -0.39 is 0 Å². The van der Waals surface area contributed by atoms with E-state index in [1.807, 2.05) is 85.1 Å². The lowest BCUT2D eigenvalue weighted by Crippen LogP contribution is -1.98. The first-order chi connectivity index (χ1) is 18.6. The van der Waals surface area contributed by atoms with Crippen LogP contribution in [0.2, 0.25) is 0 Å². The molecule has 0 saturated heterocycles. The van der Waals surface area contributed by atoms with Crippen molar-refractivity contribution in [3.63, 3.8) is 0 Å². The van der Waals surface area contributed by atoms with E-state index in [1.54, 1.807) is 20.4 Å². The lowest BCUT2D eigenvalue weighted by Gasteiger charge is -2.07. The van der Waals surface area contributed by atoms with Crippen LogP contribution in [0.25, 0.3) is 22.7 Å². The summed E-state index contributed by atoms with van der Waals surface area (Å²) in [6.45, 7) is 2.13. The third kappa shape index (κ3) is 5.84. The third-order valence-corrected chi connectivity index (χ3v) is 6.48. The quantitative estimate of drug-likeness (QED) is 0.158. The number of aromatic nitrogens is 2. The standard InChI is InChI=1S/C29H26N4O4S/c1-19-25(31-28(37-19)24-15-23(34-2)13-14-27(24)35-3)17-36-22-11-9-20(10-12-22)16-30-33-29-32-26(18-38-29)21-7-5-4-6-8-21/h4-16,18H,17H2,1-3H3,(H,32,33). The summed E-state index contributed by atoms with van der Waals surface area (Å²) in [6.07, 6.45) is 1.74. The zero-order valence-electron chi connectivity index (χ0n) is 21.2. The summed E-state index contributed by atoms with van der Waals surface area (Å²) in [5, 5.41) is 7.04. The van der Waals surface area contributed by atoms with Gasteiger partial charge in [-0.2, -0.15) is 5.10 Å². The van der Waals surface area contributed by atoms with Gasteiger partial charge in [-0.25, -0.2) is 9.97 Å². The van der Waals surface area contributed by atoms with Crippen LogP contribution in [0, 0.1) is 6.92 Å². The normalized spacial score (nSPS) is 11.0. The molecule has 0 bridgehead atoms. The maximum absolute atomic E-state index is 5.95. The highest BCUT2D eigenvalue weighted by Crippen LogP contribution is 2.34. The molecular formula is C29H26N4O4S. The van der Waals surface area contributed by atoms with E-state index in [2.05, 4.69) is 20.5 Å². The van der Waals surface area contributed by atoms with Gasteiger partial charge in [-0.15, -0.1) is 11.3 Å². The number of rotatable bonds is 10. The van der Waals surface area contributed by atoms with Crippen LogP contribution in [0.1, 0.15) is 17.0 Å². The molecule has 0 unspecified atom stereocenters. The Morgan fingerprint density at radius 1 is 0.947 bits per heavy atom. The Kier molecular flexibility index (Phi) is 7.65. The average Bonchev–Trinajstić information content (AvgIpc) is 3.59. The van der Waals surface area contributed by atoms with Crippen LogP contribution in [-0.2, 0) is 6.61 Å². The zero-order valence-corrected chi connectivity index (χ0v) is 22.0. The van der Waals surface area contributed by atoms with Crippen LogP contribution in [-0.4, -0.2) is 30.4 Å². The fraction of sp³-hybridized carbons (Fsp3) is 0.138. The number of hydrogen-bond donors (Lipinski definition) is 1. The number of ether oxygens (including phenoxy) is 3. The first-order valence-corrected chi connectivity index (χ1v) is 12.7. The van der Waals surface area contributed by atoms with Crippen molar-refractivity contribution < 1.29 is 18.6 Å². The molecule has 0 atom stereocenters. The molecule has 0 spiro atoms. The molecule has 0 aliphatic rings. The number of benzene rings is 3. The van der Waals surface area contributed by atoms with Gasteiger partial charge >= 0.3 is 0 Å². The topological polar surface area (TPSA) is 91.0 Å². The monoisotopic (exact) mass is 526 g/mol. The van der Waals surface area contributed by atoms with Gasteiger partial charge < -0.3 is 18.6 Å². The third-order valence-electron chi connectivity index (χ3n) is 5.73. The van der Waals surface area contributed by atoms with Crippen molar-refractivity contribution in [2.75, 3.05) is 19.6 Å². The van der Waals surface area contributed by atoms with Gasteiger partial charge in [-0.05, 0) is 55.0 Å². The fourth-order valence-corrected chi connectivity index (χ4v) is 4.36. The van der Waals surface area contributed by atoms with Crippen molar-refractivity contribution in [3.8, 4) is 40.0 Å². The first-order valence-electron chi connectivity index (χ1n) is 11.8. The summed E-state index contributed by atoms with van der Waals surface area (Å²) in [5.74, 6) is 3.18. The molecule has 38 heavy (non-hydrogen) atoms. The summed E-state index contributed by atoms with van der Waals surface area (Å²) in [4.78, 5) is 9.20. The van der Waals surface area contributed by atoms with Crippen molar-refractivity contribution in [2.24, 2.45) is 5.10 Å². The molecule has 5 aromatic rings. The molecule has 5 rings (SSSR count). The minimum atomic E-state index is 0.268. The Labute approximate surface area is 224 Å². The maximum atomic E-state index is 5.95. The molecule has 0 aliphatic heterocycles. The molecule has 2 heterocycles. The minimum Gasteiger partial charge on any atom is -0.497 e. The molecule has 0 aliphatic carbocycles. The van der Waals surface area contributed by atoms with Gasteiger partial charge in [-0.1, -0.05) is 30.3 Å². The van der Waals surface area contributed by atoms with Crippen molar-refractivity contribution in [3.05, 3.63) is 95.2 Å². The van der Waals surface area contributed by atoms with E-state index in [-0.39, 0.29) is 6.61 Å². The van der Waals surface area contributed by atoms with Gasteiger partial charge in [0.1, 0.15) is 35.3 Å². The minimum absolute atomic E-state index is 0.268. The summed E-state index contributed by atoms with van der Waals surface area (Å²) in [5.41, 5.74) is 7.34. The molecule has 0 fully saturated rings. The Morgan fingerprint density at radius 3 is 2.50 bits per heavy atom. The summed E-state index contributed by atoms with van der Waals surface area (Å²) in [7, 11) is 3.22. The van der Waals surface area contributed by atoms with Gasteiger partial charge in [0.25, 0.3) is 0 Å². The molecule has 2 aromatic heterocycles. The lowest BCUT2D eigenvalue weighted by molar-refractivity contribution is 0.299. The van der Waals surface area contributed by atoms with E-state index >= 15 is 0 Å². The van der Waals surface area contributed by atoms with E-state index in [1.165, 1.54) is 11.3 Å². The molecule has 9 heteroatoms. The van der Waals surface area contributed by atoms with E-state index in [0.29, 0.717) is 40.2 Å². The second-order valence-corrected chi connectivity index (χ2v) is 9.08. The molecule has 192 valence electrons. The van der Waals surface area contributed by atoms with Crippen LogP contribution in [0.5, 0.6) is 17.2 Å². The van der Waals surface area contributed by atoms with Gasteiger partial charge in [0.15, 0.2) is 0 Å².